The number of ether oxygens (including phenoxy) is 1. The van der Waals surface area contributed by atoms with Crippen molar-refractivity contribution >= 4 is 13.9 Å². The van der Waals surface area contributed by atoms with Gasteiger partial charge in [0.05, 0.1) is 36.3 Å². The molecule has 0 heterocycles. The van der Waals surface area contributed by atoms with E-state index >= 15 is 0 Å². The van der Waals surface area contributed by atoms with Gasteiger partial charge in [0.1, 0.15) is 18.1 Å². The van der Waals surface area contributed by atoms with E-state index in [0.29, 0.717) is 23.7 Å². The van der Waals surface area contributed by atoms with Gasteiger partial charge in [-0.2, -0.15) is 0 Å². The van der Waals surface area contributed by atoms with Gasteiger partial charge in [-0.05, 0) is 48.4 Å². The lowest BCUT2D eigenvalue weighted by molar-refractivity contribution is -0.884. The van der Waals surface area contributed by atoms with Crippen molar-refractivity contribution in [1.82, 2.24) is 0 Å². The Labute approximate surface area is 179 Å². The zero-order chi connectivity index (χ0) is 22.0. The van der Waals surface area contributed by atoms with E-state index in [4.69, 9.17) is 4.74 Å². The second-order valence-electron chi connectivity index (χ2n) is 11.2. The first-order valence-electron chi connectivity index (χ1n) is 10.9. The molecule has 0 spiro atoms. The van der Waals surface area contributed by atoms with Gasteiger partial charge in [0.15, 0.2) is 0 Å². The topological polar surface area (TPSA) is 26.3 Å². The van der Waals surface area contributed by atoms with Gasteiger partial charge in [0.2, 0.25) is 0 Å². The lowest BCUT2D eigenvalue weighted by Crippen LogP contribution is -2.37. The third kappa shape index (κ3) is 5.61. The fraction of sp³-hybridized carbons (Fsp3) is 0.640. The first-order chi connectivity index (χ1) is 13.3. The van der Waals surface area contributed by atoms with E-state index in [-0.39, 0.29) is 5.41 Å². The normalized spacial score (nSPS) is 23.9. The molecule has 1 aromatic carbocycles. The van der Waals surface area contributed by atoms with Crippen molar-refractivity contribution in [3.63, 3.8) is 0 Å². The third-order valence-electron chi connectivity index (χ3n) is 6.79. The highest BCUT2D eigenvalue weighted by Gasteiger charge is 2.45. The molecular formula is C25H42NO2Si+. The van der Waals surface area contributed by atoms with Crippen molar-refractivity contribution in [3.8, 4) is 5.75 Å². The van der Waals surface area contributed by atoms with Gasteiger partial charge in [-0.15, -0.1) is 6.58 Å². The van der Waals surface area contributed by atoms with Crippen LogP contribution in [-0.4, -0.2) is 46.6 Å². The first kappa shape index (κ1) is 23.9. The van der Waals surface area contributed by atoms with Crippen LogP contribution in [0.15, 0.2) is 30.9 Å². The van der Waals surface area contributed by atoms with E-state index in [0.717, 1.165) is 36.0 Å². The van der Waals surface area contributed by atoms with Crippen LogP contribution in [-0.2, 0) is 11.3 Å². The molecule has 0 aliphatic heterocycles. The molecule has 1 unspecified atom stereocenters. The number of allylic oxidation sites excluding steroid dienone is 1. The van der Waals surface area contributed by atoms with Crippen molar-refractivity contribution < 1.29 is 14.0 Å². The molecule has 29 heavy (non-hydrogen) atoms. The maximum Gasteiger partial charge on any atom is 0.139 e. The molecule has 0 aromatic heterocycles. The number of ketones is 1. The summed E-state index contributed by atoms with van der Waals surface area (Å²) in [6.07, 6.45) is 5.71. The summed E-state index contributed by atoms with van der Waals surface area (Å²) in [7, 11) is 6.94. The second kappa shape index (κ2) is 8.77. The summed E-state index contributed by atoms with van der Waals surface area (Å²) in [5, 5.41) is 0. The Bertz CT molecular complexity index is 744. The van der Waals surface area contributed by atoms with Crippen LogP contribution in [0.4, 0.5) is 0 Å². The van der Waals surface area contributed by atoms with Gasteiger partial charge in [-0.3, -0.25) is 4.79 Å². The molecule has 3 nitrogen and oxygen atoms in total. The number of rotatable bonds is 9. The molecule has 0 bridgehead atoms. The smallest absolute Gasteiger partial charge is 0.139 e. The maximum atomic E-state index is 12.7. The molecule has 0 radical (unpaired) electrons. The third-order valence-corrected chi connectivity index (χ3v) is 9.48. The van der Waals surface area contributed by atoms with Gasteiger partial charge in [0.25, 0.3) is 0 Å². The summed E-state index contributed by atoms with van der Waals surface area (Å²) in [5.74, 6) is 1.67. The van der Waals surface area contributed by atoms with Crippen molar-refractivity contribution in [2.45, 2.75) is 64.3 Å². The summed E-state index contributed by atoms with van der Waals surface area (Å²) in [6, 6.07) is 6.62. The summed E-state index contributed by atoms with van der Waals surface area (Å²) in [5.41, 5.74) is 3.12. The molecule has 2 rings (SSSR count). The van der Waals surface area contributed by atoms with Crippen LogP contribution >= 0.6 is 0 Å². The van der Waals surface area contributed by atoms with Crippen LogP contribution < -0.4 is 4.74 Å². The number of Topliss-reactive ketones (excluding diaryl/α,β-unsaturated/α-hetero) is 1. The minimum atomic E-state index is -1.51. The van der Waals surface area contributed by atoms with Crippen molar-refractivity contribution in [2.75, 3.05) is 28.3 Å². The van der Waals surface area contributed by atoms with Gasteiger partial charge >= 0.3 is 0 Å². The Kier molecular flexibility index (Phi) is 7.22. The van der Waals surface area contributed by atoms with Gasteiger partial charge in [-0.1, -0.05) is 38.7 Å². The quantitative estimate of drug-likeness (QED) is 0.288. The van der Waals surface area contributed by atoms with Crippen LogP contribution in [0, 0.1) is 11.3 Å². The predicted molar refractivity (Wildman–Crippen MR) is 126 cm³/mol. The zero-order valence-corrected chi connectivity index (χ0v) is 21.0. The lowest BCUT2D eigenvalue weighted by Gasteiger charge is -2.36. The molecule has 1 fully saturated rings. The molecule has 0 amide bonds. The van der Waals surface area contributed by atoms with E-state index < -0.39 is 8.07 Å². The maximum absolute atomic E-state index is 12.7. The van der Waals surface area contributed by atoms with E-state index in [9.17, 15) is 4.79 Å². The van der Waals surface area contributed by atoms with E-state index in [1.807, 2.05) is 6.08 Å². The number of hydrogen-bond acceptors (Lipinski definition) is 2. The highest BCUT2D eigenvalue weighted by molar-refractivity contribution is 6.77. The minimum absolute atomic E-state index is 0.244. The Hall–Kier alpha value is -1.39. The Morgan fingerprint density at radius 1 is 1.31 bits per heavy atom. The molecule has 1 aliphatic carbocycles. The average Bonchev–Trinajstić information content (AvgIpc) is 2.88. The molecule has 3 atom stereocenters. The predicted octanol–water partition coefficient (Wildman–Crippen LogP) is 5.81. The number of carbonyl (C=O) groups excluding carboxylic acids is 1. The number of nitrogens with zero attached hydrogens (tertiary/aromatic N) is 1. The molecule has 0 saturated heterocycles. The molecule has 0 N–H and O–H groups in total. The Balaban J connectivity index is 2.41. The molecule has 4 heteroatoms. The van der Waals surface area contributed by atoms with Crippen molar-refractivity contribution in [3.05, 3.63) is 42.0 Å². The zero-order valence-electron chi connectivity index (χ0n) is 20.0. The summed E-state index contributed by atoms with van der Waals surface area (Å²) >= 11 is 0. The van der Waals surface area contributed by atoms with Crippen LogP contribution in [0.2, 0.25) is 19.6 Å². The number of benzene rings is 1. The van der Waals surface area contributed by atoms with Crippen molar-refractivity contribution in [2.24, 2.45) is 11.3 Å². The Morgan fingerprint density at radius 3 is 2.48 bits per heavy atom. The lowest BCUT2D eigenvalue weighted by atomic mass is 9.74. The fourth-order valence-electron chi connectivity index (χ4n) is 5.00. The van der Waals surface area contributed by atoms with Crippen molar-refractivity contribution in [1.29, 1.82) is 0 Å². The SMILES string of the molecule is C=C[C@@H]1CCC(=O)[C@@]1(C)CCC(c1ccc(OC)cc1C[N+](C)(C)C)[Si](C)(C)C. The molecule has 1 saturated carbocycles. The Morgan fingerprint density at radius 2 is 1.97 bits per heavy atom. The van der Waals surface area contributed by atoms with Crippen LogP contribution in [0.5, 0.6) is 5.75 Å². The van der Waals surface area contributed by atoms with E-state index in [2.05, 4.69) is 72.5 Å². The van der Waals surface area contributed by atoms with Gasteiger partial charge < -0.3 is 9.22 Å². The van der Waals surface area contributed by atoms with E-state index in [1.54, 1.807) is 7.11 Å². The highest BCUT2D eigenvalue weighted by atomic mass is 28.3. The number of hydrogen-bond donors (Lipinski definition) is 0. The van der Waals surface area contributed by atoms with E-state index in [1.165, 1.54) is 11.1 Å². The van der Waals surface area contributed by atoms with Crippen LogP contribution in [0.1, 0.15) is 49.3 Å². The minimum Gasteiger partial charge on any atom is -0.497 e. The largest absolute Gasteiger partial charge is 0.497 e. The van der Waals surface area contributed by atoms with Crippen LogP contribution in [0.3, 0.4) is 0 Å². The van der Waals surface area contributed by atoms with Gasteiger partial charge in [-0.25, -0.2) is 0 Å². The highest BCUT2D eigenvalue weighted by Crippen LogP contribution is 2.47. The first-order valence-corrected chi connectivity index (χ1v) is 14.5. The number of quaternary nitrogens is 1. The summed E-state index contributed by atoms with van der Waals surface area (Å²) < 4.78 is 6.42. The second-order valence-corrected chi connectivity index (χ2v) is 16.6. The molecule has 1 aliphatic rings. The van der Waals surface area contributed by atoms with Crippen LogP contribution in [0.25, 0.3) is 0 Å². The molecule has 162 valence electrons. The number of methoxy groups -OCH3 is 1. The monoisotopic (exact) mass is 416 g/mol. The molecule has 1 aromatic rings. The number of carbonyl (C=O) groups is 1. The summed E-state index contributed by atoms with van der Waals surface area (Å²) in [6.45, 7) is 14.5. The standard InChI is InChI=1S/C25H42NO2Si/c1-10-20-11-14-24(27)25(20,2)16-15-23(29(7,8)9)22-13-12-21(28-6)17-19(22)18-26(3,4)5/h10,12-13,17,20,23H,1,11,14-16,18H2,2-9H3/q+1/t20-,23?,25+/m1/s1. The molecular weight excluding hydrogens is 374 g/mol. The average molecular weight is 417 g/mol. The fourth-order valence-corrected chi connectivity index (χ4v) is 7.22. The van der Waals surface area contributed by atoms with Gasteiger partial charge in [0, 0.05) is 17.4 Å². The summed E-state index contributed by atoms with van der Waals surface area (Å²) in [4.78, 5) is 12.7.